The molecule has 0 unspecified atom stereocenters. The van der Waals surface area contributed by atoms with E-state index in [0.717, 1.165) is 63.0 Å². The average molecular weight is 333 g/mol. The van der Waals surface area contributed by atoms with Crippen LogP contribution in [0.5, 0.6) is 0 Å². The van der Waals surface area contributed by atoms with E-state index in [1.807, 2.05) is 32.0 Å². The molecule has 6 heteroatoms. The highest BCUT2D eigenvalue weighted by atomic mass is 16.3. The Morgan fingerprint density at radius 1 is 1.08 bits per heavy atom. The van der Waals surface area contributed by atoms with E-state index in [1.54, 1.807) is 0 Å². The molecule has 24 heavy (non-hydrogen) atoms. The van der Waals surface area contributed by atoms with Gasteiger partial charge in [-0.15, -0.1) is 0 Å². The van der Waals surface area contributed by atoms with Gasteiger partial charge < -0.3 is 14.9 Å². The Balaban J connectivity index is 1.59. The molecule has 1 N–H and O–H groups in total. The van der Waals surface area contributed by atoms with Crippen LogP contribution in [-0.4, -0.2) is 72.4 Å². The molecule has 0 spiro atoms. The van der Waals surface area contributed by atoms with Gasteiger partial charge in [0.1, 0.15) is 5.82 Å². The lowest BCUT2D eigenvalue weighted by molar-refractivity contribution is -0.0271. The molecule has 1 saturated heterocycles. The first kappa shape index (κ1) is 17.4. The quantitative estimate of drug-likeness (QED) is 0.904. The molecule has 1 aromatic heterocycles. The van der Waals surface area contributed by atoms with Gasteiger partial charge >= 0.3 is 0 Å². The maximum atomic E-state index is 10.8. The molecule has 1 aliphatic heterocycles. The molecule has 2 aliphatic rings. The molecule has 0 atom stereocenters. The lowest BCUT2D eigenvalue weighted by Gasteiger charge is -2.41. The highest BCUT2D eigenvalue weighted by Crippen LogP contribution is 2.29. The van der Waals surface area contributed by atoms with Crippen molar-refractivity contribution in [3.8, 4) is 0 Å². The summed E-state index contributed by atoms with van der Waals surface area (Å²) in [7, 11) is 4.02. The summed E-state index contributed by atoms with van der Waals surface area (Å²) < 4.78 is 0. The number of hydrogen-bond acceptors (Lipinski definition) is 6. The summed E-state index contributed by atoms with van der Waals surface area (Å²) in [5.41, 5.74) is 0.542. The molecule has 1 saturated carbocycles. The molecule has 134 valence electrons. The molecule has 2 heterocycles. The number of aromatic nitrogens is 2. The highest BCUT2D eigenvalue weighted by molar-refractivity contribution is 5.45. The number of anilines is 2. The second kappa shape index (κ2) is 7.23. The number of aliphatic hydroxyl groups is 1. The lowest BCUT2D eigenvalue weighted by Crippen LogP contribution is -2.52. The number of rotatable bonds is 4. The molecular formula is C18H31N5O. The minimum Gasteiger partial charge on any atom is -0.389 e. The third-order valence-corrected chi connectivity index (χ3v) is 5.24. The van der Waals surface area contributed by atoms with E-state index in [-0.39, 0.29) is 0 Å². The van der Waals surface area contributed by atoms with Crippen LogP contribution in [0.4, 0.5) is 11.8 Å². The maximum Gasteiger partial charge on any atom is 0.227 e. The summed E-state index contributed by atoms with van der Waals surface area (Å²) >= 11 is 0. The van der Waals surface area contributed by atoms with Gasteiger partial charge in [0, 0.05) is 58.6 Å². The molecule has 0 amide bonds. The monoisotopic (exact) mass is 333 g/mol. The minimum absolute atomic E-state index is 0.460. The third kappa shape index (κ3) is 4.16. The van der Waals surface area contributed by atoms with E-state index in [0.29, 0.717) is 0 Å². The van der Waals surface area contributed by atoms with Gasteiger partial charge in [0.05, 0.1) is 5.60 Å². The summed E-state index contributed by atoms with van der Waals surface area (Å²) in [5, 5.41) is 10.8. The molecule has 3 rings (SSSR count). The van der Waals surface area contributed by atoms with Crippen molar-refractivity contribution in [1.82, 2.24) is 14.9 Å². The van der Waals surface area contributed by atoms with Crippen LogP contribution in [0, 0.1) is 6.92 Å². The normalized spacial score (nSPS) is 21.8. The van der Waals surface area contributed by atoms with E-state index in [2.05, 4.69) is 19.8 Å². The van der Waals surface area contributed by atoms with Crippen LogP contribution >= 0.6 is 0 Å². The van der Waals surface area contributed by atoms with Crippen LogP contribution in [0.1, 0.15) is 37.8 Å². The predicted octanol–water partition coefficient (Wildman–Crippen LogP) is 1.67. The van der Waals surface area contributed by atoms with E-state index in [9.17, 15) is 5.11 Å². The van der Waals surface area contributed by atoms with Gasteiger partial charge in [-0.25, -0.2) is 4.98 Å². The SMILES string of the molecule is Cc1cc(N(C)C)nc(N2CCN(CC3(O)CCCCC3)CC2)n1. The summed E-state index contributed by atoms with van der Waals surface area (Å²) in [6.07, 6.45) is 5.53. The van der Waals surface area contributed by atoms with Crippen LogP contribution in [0.25, 0.3) is 0 Å². The molecule has 2 fully saturated rings. The predicted molar refractivity (Wildman–Crippen MR) is 97.8 cm³/mol. The molecule has 0 aromatic carbocycles. The number of piperazine rings is 1. The molecular weight excluding hydrogens is 302 g/mol. The van der Waals surface area contributed by atoms with Gasteiger partial charge in [-0.2, -0.15) is 4.98 Å². The minimum atomic E-state index is -0.460. The van der Waals surface area contributed by atoms with Crippen molar-refractivity contribution in [3.63, 3.8) is 0 Å². The van der Waals surface area contributed by atoms with Crippen molar-refractivity contribution in [2.45, 2.75) is 44.6 Å². The molecule has 0 radical (unpaired) electrons. The Hall–Kier alpha value is -1.40. The number of hydrogen-bond donors (Lipinski definition) is 1. The van der Waals surface area contributed by atoms with Gasteiger partial charge in [0.25, 0.3) is 0 Å². The van der Waals surface area contributed by atoms with Crippen LogP contribution in [0.15, 0.2) is 6.07 Å². The standard InChI is InChI=1S/C18H31N5O/c1-15-13-16(21(2)3)20-17(19-15)23-11-9-22(10-12-23)14-18(24)7-5-4-6-8-18/h13,24H,4-12,14H2,1-3H3. The van der Waals surface area contributed by atoms with Gasteiger partial charge in [-0.1, -0.05) is 19.3 Å². The average Bonchev–Trinajstić information content (AvgIpc) is 2.55. The fourth-order valence-electron chi connectivity index (χ4n) is 3.80. The molecule has 1 aliphatic carbocycles. The first-order valence-electron chi connectivity index (χ1n) is 9.18. The molecule has 6 nitrogen and oxygen atoms in total. The summed E-state index contributed by atoms with van der Waals surface area (Å²) in [5.74, 6) is 1.78. The lowest BCUT2D eigenvalue weighted by atomic mass is 9.84. The third-order valence-electron chi connectivity index (χ3n) is 5.24. The molecule has 1 aromatic rings. The Labute approximate surface area is 145 Å². The smallest absolute Gasteiger partial charge is 0.227 e. The largest absolute Gasteiger partial charge is 0.389 e. The molecule has 0 bridgehead atoms. The van der Waals surface area contributed by atoms with E-state index >= 15 is 0 Å². The van der Waals surface area contributed by atoms with Crippen LogP contribution < -0.4 is 9.80 Å². The van der Waals surface area contributed by atoms with Gasteiger partial charge in [-0.05, 0) is 19.8 Å². The zero-order valence-corrected chi connectivity index (χ0v) is 15.3. The van der Waals surface area contributed by atoms with Crippen molar-refractivity contribution in [2.75, 3.05) is 56.6 Å². The topological polar surface area (TPSA) is 55.7 Å². The first-order chi connectivity index (χ1) is 11.5. The van der Waals surface area contributed by atoms with Gasteiger partial charge in [-0.3, -0.25) is 4.90 Å². The van der Waals surface area contributed by atoms with Gasteiger partial charge in [0.15, 0.2) is 0 Å². The Bertz CT molecular complexity index is 548. The van der Waals surface area contributed by atoms with E-state index < -0.39 is 5.60 Å². The number of nitrogens with zero attached hydrogens (tertiary/aromatic N) is 5. The summed E-state index contributed by atoms with van der Waals surface area (Å²) in [6, 6.07) is 2.01. The van der Waals surface area contributed by atoms with Gasteiger partial charge in [0.2, 0.25) is 5.95 Å². The van der Waals surface area contributed by atoms with E-state index in [4.69, 9.17) is 0 Å². The summed E-state index contributed by atoms with van der Waals surface area (Å²) in [4.78, 5) is 16.0. The Kier molecular flexibility index (Phi) is 5.25. The zero-order valence-electron chi connectivity index (χ0n) is 15.3. The Morgan fingerprint density at radius 3 is 2.38 bits per heavy atom. The van der Waals surface area contributed by atoms with Crippen LogP contribution in [0.3, 0.4) is 0 Å². The van der Waals surface area contributed by atoms with Crippen molar-refractivity contribution in [3.05, 3.63) is 11.8 Å². The second-order valence-electron chi connectivity index (χ2n) is 7.61. The first-order valence-corrected chi connectivity index (χ1v) is 9.18. The van der Waals surface area contributed by atoms with Crippen molar-refractivity contribution in [1.29, 1.82) is 0 Å². The number of β-amino-alcohol motifs (C(OH)–C–C–N with tert-alkyl or cyclic N) is 1. The summed E-state index contributed by atoms with van der Waals surface area (Å²) in [6.45, 7) is 6.62. The fourth-order valence-corrected chi connectivity index (χ4v) is 3.80. The fraction of sp³-hybridized carbons (Fsp3) is 0.778. The van der Waals surface area contributed by atoms with Crippen molar-refractivity contribution >= 4 is 11.8 Å². The van der Waals surface area contributed by atoms with E-state index in [1.165, 1.54) is 19.3 Å². The van der Waals surface area contributed by atoms with Crippen molar-refractivity contribution < 1.29 is 5.11 Å². The van der Waals surface area contributed by atoms with Crippen LogP contribution in [0.2, 0.25) is 0 Å². The highest BCUT2D eigenvalue weighted by Gasteiger charge is 2.32. The second-order valence-corrected chi connectivity index (χ2v) is 7.61. The maximum absolute atomic E-state index is 10.8. The van der Waals surface area contributed by atoms with Crippen molar-refractivity contribution in [2.24, 2.45) is 0 Å². The van der Waals surface area contributed by atoms with Crippen LogP contribution in [-0.2, 0) is 0 Å². The number of aryl methyl sites for hydroxylation is 1. The Morgan fingerprint density at radius 2 is 1.75 bits per heavy atom. The zero-order chi connectivity index (χ0) is 17.2.